The van der Waals surface area contributed by atoms with Crippen molar-refractivity contribution >= 4 is 23.2 Å². The molecule has 0 saturated heterocycles. The van der Waals surface area contributed by atoms with Gasteiger partial charge in [-0.05, 0) is 23.8 Å². The summed E-state index contributed by atoms with van der Waals surface area (Å²) in [4.78, 5) is 4.47. The lowest BCUT2D eigenvalue weighted by Gasteiger charge is -1.99. The van der Waals surface area contributed by atoms with Crippen molar-refractivity contribution in [2.24, 2.45) is 0 Å². The van der Waals surface area contributed by atoms with Gasteiger partial charge < -0.3 is 0 Å². The number of benzene rings is 2. The summed E-state index contributed by atoms with van der Waals surface area (Å²) < 4.78 is 0. The topological polar surface area (TPSA) is 41.6 Å². The van der Waals surface area contributed by atoms with Gasteiger partial charge in [0.25, 0.3) is 0 Å². The van der Waals surface area contributed by atoms with Crippen LogP contribution in [0.25, 0.3) is 11.4 Å². The van der Waals surface area contributed by atoms with Crippen molar-refractivity contribution in [3.05, 3.63) is 70.0 Å². The summed E-state index contributed by atoms with van der Waals surface area (Å²) in [5.74, 6) is 1.38. The highest BCUT2D eigenvalue weighted by Gasteiger charge is 2.10. The number of hydrogen-bond donors (Lipinski definition) is 1. The fourth-order valence-corrected chi connectivity index (χ4v) is 2.45. The van der Waals surface area contributed by atoms with Gasteiger partial charge in [-0.2, -0.15) is 5.10 Å². The average Bonchev–Trinajstić information content (AvgIpc) is 2.88. The van der Waals surface area contributed by atoms with E-state index >= 15 is 0 Å². The zero-order valence-corrected chi connectivity index (χ0v) is 12.0. The van der Waals surface area contributed by atoms with E-state index in [-0.39, 0.29) is 0 Å². The molecule has 0 amide bonds. The van der Waals surface area contributed by atoms with Crippen molar-refractivity contribution in [2.75, 3.05) is 0 Å². The first-order valence-corrected chi connectivity index (χ1v) is 6.88. The van der Waals surface area contributed by atoms with Crippen molar-refractivity contribution < 1.29 is 0 Å². The van der Waals surface area contributed by atoms with Crippen LogP contribution in [0.15, 0.2) is 48.5 Å². The van der Waals surface area contributed by atoms with Gasteiger partial charge in [0.1, 0.15) is 5.82 Å². The summed E-state index contributed by atoms with van der Waals surface area (Å²) in [5.41, 5.74) is 1.95. The molecule has 5 heteroatoms. The van der Waals surface area contributed by atoms with E-state index in [4.69, 9.17) is 23.2 Å². The summed E-state index contributed by atoms with van der Waals surface area (Å²) in [6.45, 7) is 0. The van der Waals surface area contributed by atoms with Crippen LogP contribution in [0, 0.1) is 0 Å². The van der Waals surface area contributed by atoms with Crippen LogP contribution in [0.3, 0.4) is 0 Å². The van der Waals surface area contributed by atoms with Crippen LogP contribution in [0.2, 0.25) is 10.0 Å². The van der Waals surface area contributed by atoms with Gasteiger partial charge in [0.15, 0.2) is 5.82 Å². The third kappa shape index (κ3) is 2.84. The third-order valence-corrected chi connectivity index (χ3v) is 3.47. The van der Waals surface area contributed by atoms with Gasteiger partial charge in [0.05, 0.1) is 5.02 Å². The lowest BCUT2D eigenvalue weighted by atomic mass is 10.1. The van der Waals surface area contributed by atoms with Gasteiger partial charge >= 0.3 is 0 Å². The molecule has 3 rings (SSSR count). The Morgan fingerprint density at radius 2 is 1.80 bits per heavy atom. The molecule has 0 aliphatic rings. The number of halogens is 2. The SMILES string of the molecule is Clc1ccc(-c2n[nH]c(Cc3ccccc3)n2)c(Cl)c1. The van der Waals surface area contributed by atoms with Crippen LogP contribution in [0.4, 0.5) is 0 Å². The molecular weight excluding hydrogens is 293 g/mol. The highest BCUT2D eigenvalue weighted by atomic mass is 35.5. The normalized spacial score (nSPS) is 10.7. The highest BCUT2D eigenvalue weighted by Crippen LogP contribution is 2.28. The zero-order chi connectivity index (χ0) is 13.9. The molecule has 2 aromatic carbocycles. The molecule has 1 aromatic heterocycles. The lowest BCUT2D eigenvalue weighted by Crippen LogP contribution is -1.90. The van der Waals surface area contributed by atoms with Crippen LogP contribution in [0.5, 0.6) is 0 Å². The quantitative estimate of drug-likeness (QED) is 0.780. The molecule has 0 unspecified atom stereocenters. The minimum atomic E-state index is 0.544. The lowest BCUT2D eigenvalue weighted by molar-refractivity contribution is 0.973. The van der Waals surface area contributed by atoms with Crippen molar-refractivity contribution in [3.8, 4) is 11.4 Å². The van der Waals surface area contributed by atoms with Gasteiger partial charge in [0, 0.05) is 17.0 Å². The first-order chi connectivity index (χ1) is 9.72. The molecule has 0 atom stereocenters. The van der Waals surface area contributed by atoms with Gasteiger partial charge in [0.2, 0.25) is 0 Å². The van der Waals surface area contributed by atoms with E-state index in [1.165, 1.54) is 5.56 Å². The Kier molecular flexibility index (Phi) is 3.72. The molecule has 0 radical (unpaired) electrons. The fraction of sp³-hybridized carbons (Fsp3) is 0.0667. The molecule has 100 valence electrons. The first-order valence-electron chi connectivity index (χ1n) is 6.13. The Morgan fingerprint density at radius 1 is 1.00 bits per heavy atom. The minimum absolute atomic E-state index is 0.544. The molecular formula is C15H11Cl2N3. The van der Waals surface area contributed by atoms with Gasteiger partial charge in [-0.15, -0.1) is 0 Å². The largest absolute Gasteiger partial charge is 0.262 e. The van der Waals surface area contributed by atoms with Gasteiger partial charge in [-0.3, -0.25) is 5.10 Å². The van der Waals surface area contributed by atoms with Crippen LogP contribution in [-0.2, 0) is 6.42 Å². The van der Waals surface area contributed by atoms with Crippen LogP contribution in [-0.4, -0.2) is 15.2 Å². The molecule has 0 aliphatic heterocycles. The number of aromatic nitrogens is 3. The second-order valence-electron chi connectivity index (χ2n) is 4.39. The molecule has 0 saturated carbocycles. The Morgan fingerprint density at radius 3 is 2.55 bits per heavy atom. The van der Waals surface area contributed by atoms with E-state index in [2.05, 4.69) is 27.3 Å². The minimum Gasteiger partial charge on any atom is -0.262 e. The van der Waals surface area contributed by atoms with Crippen molar-refractivity contribution in [1.82, 2.24) is 15.2 Å². The second kappa shape index (κ2) is 5.65. The molecule has 0 bridgehead atoms. The van der Waals surface area contributed by atoms with E-state index in [0.29, 0.717) is 22.3 Å². The fourth-order valence-electron chi connectivity index (χ4n) is 1.95. The van der Waals surface area contributed by atoms with Crippen LogP contribution >= 0.6 is 23.2 Å². The van der Waals surface area contributed by atoms with Crippen LogP contribution in [0.1, 0.15) is 11.4 Å². The predicted octanol–water partition coefficient (Wildman–Crippen LogP) is 4.37. The monoisotopic (exact) mass is 303 g/mol. The van der Waals surface area contributed by atoms with E-state index in [9.17, 15) is 0 Å². The molecule has 0 spiro atoms. The number of nitrogens with one attached hydrogen (secondary N) is 1. The molecule has 1 N–H and O–H groups in total. The van der Waals surface area contributed by atoms with Gasteiger partial charge in [-0.1, -0.05) is 53.5 Å². The van der Waals surface area contributed by atoms with Gasteiger partial charge in [-0.25, -0.2) is 4.98 Å². The maximum atomic E-state index is 6.16. The molecule has 3 aromatic rings. The summed E-state index contributed by atoms with van der Waals surface area (Å²) in [7, 11) is 0. The predicted molar refractivity (Wildman–Crippen MR) is 81.1 cm³/mol. The van der Waals surface area contributed by atoms with Crippen molar-refractivity contribution in [2.45, 2.75) is 6.42 Å². The Labute approximate surface area is 126 Å². The first kappa shape index (κ1) is 13.2. The van der Waals surface area contributed by atoms with Crippen LogP contribution < -0.4 is 0 Å². The van der Waals surface area contributed by atoms with E-state index in [0.717, 1.165) is 11.4 Å². The Bertz CT molecular complexity index is 723. The molecule has 3 nitrogen and oxygen atoms in total. The number of rotatable bonds is 3. The smallest absolute Gasteiger partial charge is 0.182 e. The standard InChI is InChI=1S/C15H11Cl2N3/c16-11-6-7-12(13(17)9-11)15-18-14(19-20-15)8-10-4-2-1-3-5-10/h1-7,9H,8H2,(H,18,19,20). The third-order valence-electron chi connectivity index (χ3n) is 2.92. The van der Waals surface area contributed by atoms with Crippen molar-refractivity contribution in [1.29, 1.82) is 0 Å². The summed E-state index contributed by atoms with van der Waals surface area (Å²) in [5, 5.41) is 8.29. The zero-order valence-electron chi connectivity index (χ0n) is 10.5. The molecule has 0 aliphatic carbocycles. The summed E-state index contributed by atoms with van der Waals surface area (Å²) in [6, 6.07) is 15.4. The van der Waals surface area contributed by atoms with Crippen molar-refractivity contribution in [3.63, 3.8) is 0 Å². The number of aromatic amines is 1. The number of H-pyrrole nitrogens is 1. The van der Waals surface area contributed by atoms with E-state index < -0.39 is 0 Å². The maximum Gasteiger partial charge on any atom is 0.182 e. The van der Waals surface area contributed by atoms with E-state index in [1.54, 1.807) is 12.1 Å². The summed E-state index contributed by atoms with van der Waals surface area (Å²) >= 11 is 12.0. The molecule has 0 fully saturated rings. The molecule has 1 heterocycles. The Balaban J connectivity index is 1.87. The number of hydrogen-bond acceptors (Lipinski definition) is 2. The number of nitrogens with zero attached hydrogens (tertiary/aromatic N) is 2. The second-order valence-corrected chi connectivity index (χ2v) is 5.24. The average molecular weight is 304 g/mol. The molecule has 20 heavy (non-hydrogen) atoms. The highest BCUT2D eigenvalue weighted by molar-refractivity contribution is 6.36. The van der Waals surface area contributed by atoms with E-state index in [1.807, 2.05) is 24.3 Å². The Hall–Kier alpha value is -1.84. The summed E-state index contributed by atoms with van der Waals surface area (Å²) in [6.07, 6.45) is 0.707. The maximum absolute atomic E-state index is 6.16.